The van der Waals surface area contributed by atoms with Crippen molar-refractivity contribution in [2.24, 2.45) is 0 Å². The first kappa shape index (κ1) is 12.6. The van der Waals surface area contributed by atoms with Crippen LogP contribution >= 0.6 is 23.4 Å². The normalized spacial score (nSPS) is 10.3. The van der Waals surface area contributed by atoms with Crippen LogP contribution in [-0.4, -0.2) is 26.0 Å². The van der Waals surface area contributed by atoms with Gasteiger partial charge in [-0.3, -0.25) is 4.79 Å². The first-order chi connectivity index (χ1) is 8.56. The fourth-order valence-corrected chi connectivity index (χ4v) is 2.07. The molecule has 92 valence electrons. The van der Waals surface area contributed by atoms with Gasteiger partial charge in [0, 0.05) is 18.5 Å². The maximum atomic E-state index is 11.1. The Labute approximate surface area is 110 Å². The minimum Gasteiger partial charge on any atom is -0.478 e. The molecule has 0 aliphatic rings. The molecule has 0 radical (unpaired) electrons. The lowest BCUT2D eigenvalue weighted by molar-refractivity contribution is 0.0696. The number of halogens is 1. The van der Waals surface area contributed by atoms with E-state index < -0.39 is 5.97 Å². The standard InChI is InChI=1S/C10H6ClN3O3S/c11-6-4-13-8(3-5(6)9(16)17)18-10-12-2-1-7(15)14-10/h1-4H,(H,16,17)(H,12,14,15). The second-order valence-corrected chi connectivity index (χ2v) is 4.57. The van der Waals surface area contributed by atoms with Gasteiger partial charge in [-0.05, 0) is 17.8 Å². The molecule has 8 heteroatoms. The smallest absolute Gasteiger partial charge is 0.337 e. The third-order valence-corrected chi connectivity index (χ3v) is 3.04. The number of aromatic carboxylic acids is 1. The summed E-state index contributed by atoms with van der Waals surface area (Å²) in [6.07, 6.45) is 2.60. The van der Waals surface area contributed by atoms with Gasteiger partial charge in [-0.25, -0.2) is 14.8 Å². The molecule has 0 aliphatic heterocycles. The fraction of sp³-hybridized carbons (Fsp3) is 0. The predicted molar refractivity (Wildman–Crippen MR) is 65.2 cm³/mol. The molecule has 0 spiro atoms. The van der Waals surface area contributed by atoms with Crippen LogP contribution in [0.2, 0.25) is 5.02 Å². The van der Waals surface area contributed by atoms with Crippen LogP contribution in [-0.2, 0) is 0 Å². The van der Waals surface area contributed by atoms with E-state index in [9.17, 15) is 9.59 Å². The molecular formula is C10H6ClN3O3S. The van der Waals surface area contributed by atoms with Gasteiger partial charge in [0.2, 0.25) is 0 Å². The van der Waals surface area contributed by atoms with E-state index in [0.717, 1.165) is 11.8 Å². The Morgan fingerprint density at radius 2 is 2.22 bits per heavy atom. The zero-order valence-electron chi connectivity index (χ0n) is 8.75. The molecule has 2 rings (SSSR count). The van der Waals surface area contributed by atoms with Crippen LogP contribution in [0.15, 0.2) is 39.5 Å². The van der Waals surface area contributed by atoms with Crippen molar-refractivity contribution < 1.29 is 9.90 Å². The van der Waals surface area contributed by atoms with E-state index in [4.69, 9.17) is 16.7 Å². The number of rotatable bonds is 3. The van der Waals surface area contributed by atoms with Crippen molar-refractivity contribution in [1.82, 2.24) is 15.0 Å². The van der Waals surface area contributed by atoms with E-state index >= 15 is 0 Å². The zero-order valence-corrected chi connectivity index (χ0v) is 10.3. The number of carbonyl (C=O) groups is 1. The molecule has 0 aliphatic carbocycles. The Morgan fingerprint density at radius 3 is 2.89 bits per heavy atom. The summed E-state index contributed by atoms with van der Waals surface area (Å²) < 4.78 is 0. The highest BCUT2D eigenvalue weighted by Gasteiger charge is 2.11. The van der Waals surface area contributed by atoms with Crippen LogP contribution in [0.25, 0.3) is 0 Å². The Morgan fingerprint density at radius 1 is 1.44 bits per heavy atom. The second-order valence-electron chi connectivity index (χ2n) is 3.15. The fourth-order valence-electron chi connectivity index (χ4n) is 1.14. The molecule has 0 amide bonds. The molecule has 6 nitrogen and oxygen atoms in total. The number of carboxylic acid groups (broad SMARTS) is 1. The molecular weight excluding hydrogens is 278 g/mol. The first-order valence-electron chi connectivity index (χ1n) is 4.68. The van der Waals surface area contributed by atoms with Gasteiger partial charge in [0.05, 0.1) is 10.6 Å². The maximum Gasteiger partial charge on any atom is 0.337 e. The van der Waals surface area contributed by atoms with Crippen molar-refractivity contribution in [2.75, 3.05) is 0 Å². The van der Waals surface area contributed by atoms with Crippen LogP contribution in [0.3, 0.4) is 0 Å². The van der Waals surface area contributed by atoms with Gasteiger partial charge in [-0.2, -0.15) is 0 Å². The number of H-pyrrole nitrogens is 1. The number of nitrogens with zero attached hydrogens (tertiary/aromatic N) is 2. The molecule has 2 aromatic rings. The minimum atomic E-state index is -1.14. The van der Waals surface area contributed by atoms with Gasteiger partial charge in [-0.15, -0.1) is 0 Å². The van der Waals surface area contributed by atoms with Crippen LogP contribution in [0.5, 0.6) is 0 Å². The van der Waals surface area contributed by atoms with E-state index in [-0.39, 0.29) is 16.1 Å². The lowest BCUT2D eigenvalue weighted by atomic mass is 10.3. The molecule has 0 bridgehead atoms. The second kappa shape index (κ2) is 5.19. The van der Waals surface area contributed by atoms with E-state index in [1.807, 2.05) is 0 Å². The highest BCUT2D eigenvalue weighted by Crippen LogP contribution is 2.25. The number of hydrogen-bond donors (Lipinski definition) is 2. The quantitative estimate of drug-likeness (QED) is 0.832. The zero-order chi connectivity index (χ0) is 13.1. The topological polar surface area (TPSA) is 95.9 Å². The summed E-state index contributed by atoms with van der Waals surface area (Å²) in [6, 6.07) is 2.60. The van der Waals surface area contributed by atoms with Crippen molar-refractivity contribution in [3.63, 3.8) is 0 Å². The van der Waals surface area contributed by atoms with E-state index in [2.05, 4.69) is 15.0 Å². The number of aromatic nitrogens is 3. The van der Waals surface area contributed by atoms with Gasteiger partial charge in [0.15, 0.2) is 5.16 Å². The Bertz CT molecular complexity index is 659. The average molecular weight is 284 g/mol. The molecule has 0 atom stereocenters. The molecule has 0 unspecified atom stereocenters. The molecule has 0 saturated carbocycles. The van der Waals surface area contributed by atoms with Crippen molar-refractivity contribution in [2.45, 2.75) is 10.2 Å². The largest absolute Gasteiger partial charge is 0.478 e. The first-order valence-corrected chi connectivity index (χ1v) is 5.88. The molecule has 0 saturated heterocycles. The average Bonchev–Trinajstić information content (AvgIpc) is 2.31. The number of pyridine rings is 1. The highest BCUT2D eigenvalue weighted by molar-refractivity contribution is 7.99. The van der Waals surface area contributed by atoms with Crippen molar-refractivity contribution in [1.29, 1.82) is 0 Å². The summed E-state index contributed by atoms with van der Waals surface area (Å²) in [7, 11) is 0. The van der Waals surface area contributed by atoms with Gasteiger partial charge >= 0.3 is 5.97 Å². The predicted octanol–water partition coefficient (Wildman–Crippen LogP) is 1.67. The van der Waals surface area contributed by atoms with Gasteiger partial charge in [-0.1, -0.05) is 11.6 Å². The number of hydrogen-bond acceptors (Lipinski definition) is 5. The number of nitrogens with one attached hydrogen (secondary N) is 1. The lowest BCUT2D eigenvalue weighted by Gasteiger charge is -2.02. The highest BCUT2D eigenvalue weighted by atomic mass is 35.5. The van der Waals surface area contributed by atoms with Crippen LogP contribution < -0.4 is 5.56 Å². The van der Waals surface area contributed by atoms with Crippen LogP contribution in [0.1, 0.15) is 10.4 Å². The van der Waals surface area contributed by atoms with E-state index in [1.54, 1.807) is 0 Å². The molecule has 2 N–H and O–H groups in total. The van der Waals surface area contributed by atoms with Crippen molar-refractivity contribution >= 4 is 29.3 Å². The molecule has 2 heterocycles. The number of aromatic amines is 1. The minimum absolute atomic E-state index is 0.0487. The lowest BCUT2D eigenvalue weighted by Crippen LogP contribution is -2.05. The maximum absolute atomic E-state index is 11.1. The molecule has 18 heavy (non-hydrogen) atoms. The Balaban J connectivity index is 2.33. The molecule has 0 fully saturated rings. The monoisotopic (exact) mass is 283 g/mol. The summed E-state index contributed by atoms with van der Waals surface area (Å²) in [6.45, 7) is 0. The van der Waals surface area contributed by atoms with Gasteiger partial charge < -0.3 is 10.1 Å². The summed E-state index contributed by atoms with van der Waals surface area (Å²) in [5.74, 6) is -1.14. The van der Waals surface area contributed by atoms with Crippen LogP contribution in [0, 0.1) is 0 Å². The van der Waals surface area contributed by atoms with Crippen LogP contribution in [0.4, 0.5) is 0 Å². The summed E-state index contributed by atoms with van der Waals surface area (Å²) in [4.78, 5) is 32.3. The summed E-state index contributed by atoms with van der Waals surface area (Å²) >= 11 is 6.74. The van der Waals surface area contributed by atoms with Crippen molar-refractivity contribution in [3.8, 4) is 0 Å². The Hall–Kier alpha value is -1.86. The summed E-state index contributed by atoms with van der Waals surface area (Å²) in [5, 5.41) is 9.67. The van der Waals surface area contributed by atoms with Gasteiger partial charge in [0.25, 0.3) is 5.56 Å². The Kier molecular flexibility index (Phi) is 3.63. The summed E-state index contributed by atoms with van der Waals surface area (Å²) in [5.41, 5.74) is -0.340. The molecule has 2 aromatic heterocycles. The van der Waals surface area contributed by atoms with E-state index in [0.29, 0.717) is 10.2 Å². The molecule has 0 aromatic carbocycles. The van der Waals surface area contributed by atoms with Crippen molar-refractivity contribution in [3.05, 3.63) is 45.5 Å². The van der Waals surface area contributed by atoms with Gasteiger partial charge in [0.1, 0.15) is 5.03 Å². The SMILES string of the molecule is O=C(O)c1cc(Sc2nccc(=O)[nH]2)ncc1Cl. The third kappa shape index (κ3) is 2.88. The number of carboxylic acids is 1. The third-order valence-electron chi connectivity index (χ3n) is 1.91. The van der Waals surface area contributed by atoms with E-state index in [1.165, 1.54) is 24.5 Å².